The molecule has 0 fully saturated rings. The molecule has 0 bridgehead atoms. The van der Waals surface area contributed by atoms with E-state index in [1.165, 1.54) is 16.8 Å². The van der Waals surface area contributed by atoms with E-state index in [1.54, 1.807) is 19.2 Å². The lowest BCUT2D eigenvalue weighted by Gasteiger charge is -2.04. The lowest BCUT2D eigenvalue weighted by atomic mass is 10.3. The predicted molar refractivity (Wildman–Crippen MR) is 68.7 cm³/mol. The second-order valence-electron chi connectivity index (χ2n) is 3.90. The van der Waals surface area contributed by atoms with E-state index in [9.17, 15) is 18.0 Å². The summed E-state index contributed by atoms with van der Waals surface area (Å²) in [5, 5.41) is 0. The Kier molecular flexibility index (Phi) is 5.59. The molecule has 1 aromatic rings. The van der Waals surface area contributed by atoms with Crippen molar-refractivity contribution in [2.45, 2.75) is 13.5 Å². The van der Waals surface area contributed by atoms with E-state index in [0.29, 0.717) is 0 Å². The Bertz CT molecular complexity index is 600. The molecule has 0 aliphatic rings. The Balaban J connectivity index is 2.72. The number of amides is 1. The summed E-state index contributed by atoms with van der Waals surface area (Å²) in [6, 6.07) is 3.05. The minimum absolute atomic E-state index is 0.0333. The molecule has 1 rings (SSSR count). The summed E-state index contributed by atoms with van der Waals surface area (Å²) in [6.07, 6.45) is 3.92. The molecule has 0 aliphatic carbocycles. The lowest BCUT2D eigenvalue weighted by Crippen LogP contribution is -2.43. The third-order valence-electron chi connectivity index (χ3n) is 2.09. The summed E-state index contributed by atoms with van der Waals surface area (Å²) < 4.78 is 28.0. The maximum Gasteiger partial charge on any atom is 0.372 e. The van der Waals surface area contributed by atoms with Crippen molar-refractivity contribution in [3.8, 4) is 0 Å². The van der Waals surface area contributed by atoms with E-state index in [0.717, 1.165) is 6.26 Å². The molecule has 0 atom stereocenters. The van der Waals surface area contributed by atoms with Gasteiger partial charge in [-0.3, -0.25) is 10.2 Å². The summed E-state index contributed by atoms with van der Waals surface area (Å²) in [5.41, 5.74) is 2.24. The minimum atomic E-state index is -3.53. The van der Waals surface area contributed by atoms with Crippen LogP contribution in [0.25, 0.3) is 0 Å². The molecule has 2 N–H and O–H groups in total. The van der Waals surface area contributed by atoms with Crippen molar-refractivity contribution in [1.29, 1.82) is 0 Å². The number of hydrogen-bond donors (Lipinski definition) is 2. The Morgan fingerprint density at radius 2 is 2.10 bits per heavy atom. The fourth-order valence-corrected chi connectivity index (χ4v) is 1.60. The van der Waals surface area contributed by atoms with Gasteiger partial charge in [0.25, 0.3) is 5.91 Å². The highest BCUT2D eigenvalue weighted by Crippen LogP contribution is 1.94. The van der Waals surface area contributed by atoms with Gasteiger partial charge in [-0.25, -0.2) is 13.2 Å². The second kappa shape index (κ2) is 6.96. The maximum absolute atomic E-state index is 11.7. The Morgan fingerprint density at radius 3 is 2.70 bits per heavy atom. The van der Waals surface area contributed by atoms with Crippen molar-refractivity contribution in [2.75, 3.05) is 12.9 Å². The third-order valence-corrected chi connectivity index (χ3v) is 2.56. The zero-order chi connectivity index (χ0) is 15.2. The van der Waals surface area contributed by atoms with Crippen molar-refractivity contribution >= 4 is 21.9 Å². The van der Waals surface area contributed by atoms with Crippen LogP contribution >= 0.6 is 0 Å². The van der Waals surface area contributed by atoms with Crippen LogP contribution in [-0.2, 0) is 26.1 Å². The molecule has 0 saturated heterocycles. The summed E-state index contributed by atoms with van der Waals surface area (Å²) in [6.45, 7) is 1.94. The molecule has 0 spiro atoms. The minimum Gasteiger partial charge on any atom is -0.461 e. The molecule has 0 aliphatic heterocycles. The molecular formula is C11H16N3O5S+. The Hall–Kier alpha value is -2.00. The van der Waals surface area contributed by atoms with Gasteiger partial charge in [-0.1, -0.05) is 0 Å². The van der Waals surface area contributed by atoms with E-state index in [-0.39, 0.29) is 18.7 Å². The van der Waals surface area contributed by atoms with Crippen LogP contribution in [0.4, 0.5) is 0 Å². The molecule has 110 valence electrons. The van der Waals surface area contributed by atoms with E-state index >= 15 is 0 Å². The average Bonchev–Trinajstić information content (AvgIpc) is 2.35. The molecule has 0 saturated carbocycles. The normalized spacial score (nSPS) is 10.9. The molecule has 0 unspecified atom stereocenters. The van der Waals surface area contributed by atoms with Crippen LogP contribution in [0, 0.1) is 0 Å². The van der Waals surface area contributed by atoms with Crippen LogP contribution in [0.15, 0.2) is 24.5 Å². The predicted octanol–water partition coefficient (Wildman–Crippen LogP) is -1.27. The number of pyridine rings is 1. The average molecular weight is 302 g/mol. The molecular weight excluding hydrogens is 286 g/mol. The van der Waals surface area contributed by atoms with Crippen LogP contribution in [0.1, 0.15) is 17.3 Å². The quantitative estimate of drug-likeness (QED) is 0.387. The first-order chi connectivity index (χ1) is 9.31. The second-order valence-corrected chi connectivity index (χ2v) is 5.65. The zero-order valence-corrected chi connectivity index (χ0v) is 11.9. The summed E-state index contributed by atoms with van der Waals surface area (Å²) >= 11 is 0. The summed E-state index contributed by atoms with van der Waals surface area (Å²) in [4.78, 5) is 24.9. The molecule has 0 radical (unpaired) electrons. The van der Waals surface area contributed by atoms with Crippen LogP contribution in [0.2, 0.25) is 0 Å². The number of carbonyl (C=O) groups is 2. The zero-order valence-electron chi connectivity index (χ0n) is 11.1. The van der Waals surface area contributed by atoms with Gasteiger partial charge in [0.15, 0.2) is 12.4 Å². The van der Waals surface area contributed by atoms with Gasteiger partial charge in [0, 0.05) is 6.07 Å². The SMILES string of the molecule is CCOC(=O)C[n+]1cccc(C(=O)NNS(C)(=O)=O)c1. The number of hydrazine groups is 1. The standard InChI is InChI=1S/C11H15N3O5S/c1-3-19-10(15)8-14-6-4-5-9(7-14)11(16)12-13-20(2,17)18/h4-7,13H,3,8H2,1-2H3/p+1. The highest BCUT2D eigenvalue weighted by atomic mass is 32.2. The van der Waals surface area contributed by atoms with E-state index in [1.807, 2.05) is 10.3 Å². The Labute approximate surface area is 116 Å². The molecule has 0 aromatic carbocycles. The van der Waals surface area contributed by atoms with Gasteiger partial charge in [0.1, 0.15) is 5.56 Å². The van der Waals surface area contributed by atoms with E-state index in [4.69, 9.17) is 4.74 Å². The molecule has 1 heterocycles. The fraction of sp³-hybridized carbons (Fsp3) is 0.364. The first kappa shape index (κ1) is 16.1. The van der Waals surface area contributed by atoms with E-state index < -0.39 is 21.9 Å². The number of aromatic nitrogens is 1. The third kappa shape index (κ3) is 5.76. The molecule has 9 heteroatoms. The maximum atomic E-state index is 11.7. The smallest absolute Gasteiger partial charge is 0.372 e. The van der Waals surface area contributed by atoms with Gasteiger partial charge in [-0.2, -0.15) is 4.57 Å². The summed E-state index contributed by atoms with van der Waals surface area (Å²) in [5.74, 6) is -1.06. The number of rotatable bonds is 6. The van der Waals surface area contributed by atoms with E-state index in [2.05, 4.69) is 0 Å². The van der Waals surface area contributed by atoms with Gasteiger partial charge in [-0.05, 0) is 13.0 Å². The van der Waals surface area contributed by atoms with Crippen molar-refractivity contribution in [1.82, 2.24) is 10.3 Å². The largest absolute Gasteiger partial charge is 0.461 e. The molecule has 8 nitrogen and oxygen atoms in total. The number of esters is 1. The first-order valence-corrected chi connectivity index (χ1v) is 7.63. The lowest BCUT2D eigenvalue weighted by molar-refractivity contribution is -0.686. The summed E-state index contributed by atoms with van der Waals surface area (Å²) in [7, 11) is -3.53. The van der Waals surface area contributed by atoms with Gasteiger partial charge in [-0.15, -0.1) is 4.83 Å². The molecule has 1 amide bonds. The van der Waals surface area contributed by atoms with Crippen molar-refractivity contribution < 1.29 is 27.3 Å². The highest BCUT2D eigenvalue weighted by Gasteiger charge is 2.14. The van der Waals surface area contributed by atoms with Gasteiger partial charge in [0.2, 0.25) is 16.6 Å². The van der Waals surface area contributed by atoms with Crippen molar-refractivity contribution in [2.24, 2.45) is 0 Å². The fourth-order valence-electron chi connectivity index (χ4n) is 1.32. The number of sulfonamides is 1. The first-order valence-electron chi connectivity index (χ1n) is 5.73. The van der Waals surface area contributed by atoms with Crippen LogP contribution in [0.3, 0.4) is 0 Å². The molecule has 20 heavy (non-hydrogen) atoms. The van der Waals surface area contributed by atoms with Crippen LogP contribution in [0.5, 0.6) is 0 Å². The number of nitrogens with one attached hydrogen (secondary N) is 2. The Morgan fingerprint density at radius 1 is 1.40 bits per heavy atom. The number of hydrogen-bond acceptors (Lipinski definition) is 5. The number of carbonyl (C=O) groups excluding carboxylic acids is 2. The van der Waals surface area contributed by atoms with Crippen LogP contribution in [-0.4, -0.2) is 33.2 Å². The van der Waals surface area contributed by atoms with Gasteiger partial charge in [0.05, 0.1) is 12.9 Å². The van der Waals surface area contributed by atoms with Crippen LogP contribution < -0.4 is 14.8 Å². The number of nitrogens with zero attached hydrogens (tertiary/aromatic N) is 1. The highest BCUT2D eigenvalue weighted by molar-refractivity contribution is 7.88. The van der Waals surface area contributed by atoms with Crippen molar-refractivity contribution in [3.05, 3.63) is 30.1 Å². The monoisotopic (exact) mass is 302 g/mol. The number of ether oxygens (including phenoxy) is 1. The van der Waals surface area contributed by atoms with Gasteiger partial charge < -0.3 is 4.74 Å². The van der Waals surface area contributed by atoms with Crippen molar-refractivity contribution in [3.63, 3.8) is 0 Å². The van der Waals surface area contributed by atoms with Gasteiger partial charge >= 0.3 is 5.97 Å². The molecule has 1 aromatic heterocycles. The topological polar surface area (TPSA) is 105 Å².